The fourth-order valence-electron chi connectivity index (χ4n) is 2.33. The van der Waals surface area contributed by atoms with Crippen LogP contribution in [0.25, 0.3) is 11.4 Å². The number of alkyl halides is 3. The van der Waals surface area contributed by atoms with E-state index in [2.05, 4.69) is 15.5 Å². The van der Waals surface area contributed by atoms with E-state index >= 15 is 0 Å². The number of benzene rings is 2. The number of carbonyl (C=O) groups is 1. The van der Waals surface area contributed by atoms with Crippen LogP contribution in [0.1, 0.15) is 17.9 Å². The van der Waals surface area contributed by atoms with Crippen molar-refractivity contribution in [1.29, 1.82) is 0 Å². The third-order valence-corrected chi connectivity index (χ3v) is 3.98. The van der Waals surface area contributed by atoms with Crippen molar-refractivity contribution in [2.24, 2.45) is 0 Å². The summed E-state index contributed by atoms with van der Waals surface area (Å²) in [6.07, 6.45) is -4.43. The molecule has 1 N–H and O–H groups in total. The number of hydrogen-bond donors (Lipinski definition) is 1. The van der Waals surface area contributed by atoms with Crippen molar-refractivity contribution < 1.29 is 26.9 Å². The molecule has 28 heavy (non-hydrogen) atoms. The maximum absolute atomic E-state index is 13.1. The first-order chi connectivity index (χ1) is 13.2. The molecular formula is C18H12ClF4N3O2. The van der Waals surface area contributed by atoms with Gasteiger partial charge < -0.3 is 9.84 Å². The van der Waals surface area contributed by atoms with E-state index in [1.807, 2.05) is 0 Å². The Morgan fingerprint density at radius 2 is 1.96 bits per heavy atom. The Labute approximate surface area is 161 Å². The topological polar surface area (TPSA) is 68.0 Å². The summed E-state index contributed by atoms with van der Waals surface area (Å²) >= 11 is 5.64. The van der Waals surface area contributed by atoms with Crippen molar-refractivity contribution in [1.82, 2.24) is 10.1 Å². The highest BCUT2D eigenvalue weighted by atomic mass is 35.5. The van der Waals surface area contributed by atoms with Gasteiger partial charge in [-0.05, 0) is 30.3 Å². The molecule has 3 aromatic rings. The van der Waals surface area contributed by atoms with Gasteiger partial charge in [0.05, 0.1) is 10.6 Å². The number of aromatic nitrogens is 2. The number of amides is 1. The predicted octanol–water partition coefficient (Wildman–Crippen LogP) is 5.12. The van der Waals surface area contributed by atoms with Crippen LogP contribution in [0.5, 0.6) is 0 Å². The molecule has 0 fully saturated rings. The summed E-state index contributed by atoms with van der Waals surface area (Å²) < 4.78 is 56.5. The smallest absolute Gasteiger partial charge is 0.339 e. The Morgan fingerprint density at radius 1 is 1.18 bits per heavy atom. The number of halogens is 5. The molecule has 1 heterocycles. The van der Waals surface area contributed by atoms with Gasteiger partial charge in [0.1, 0.15) is 5.82 Å². The van der Waals surface area contributed by atoms with Crippen LogP contribution in [-0.2, 0) is 17.4 Å². The van der Waals surface area contributed by atoms with Crippen LogP contribution < -0.4 is 5.32 Å². The zero-order valence-electron chi connectivity index (χ0n) is 14.1. The van der Waals surface area contributed by atoms with Gasteiger partial charge in [-0.1, -0.05) is 28.9 Å². The zero-order valence-corrected chi connectivity index (χ0v) is 14.8. The molecular weight excluding hydrogens is 402 g/mol. The molecule has 0 radical (unpaired) electrons. The summed E-state index contributed by atoms with van der Waals surface area (Å²) in [6.45, 7) is 0. The lowest BCUT2D eigenvalue weighted by atomic mass is 10.1. The highest BCUT2D eigenvalue weighted by molar-refractivity contribution is 6.31. The highest BCUT2D eigenvalue weighted by Gasteiger charge is 2.30. The molecule has 146 valence electrons. The second-order valence-electron chi connectivity index (χ2n) is 5.77. The van der Waals surface area contributed by atoms with Gasteiger partial charge in [-0.2, -0.15) is 18.2 Å². The maximum Gasteiger partial charge on any atom is 0.416 e. The number of carbonyl (C=O) groups excluding carboxylic acids is 1. The van der Waals surface area contributed by atoms with Gasteiger partial charge in [0.25, 0.3) is 0 Å². The first-order valence-electron chi connectivity index (χ1n) is 7.97. The number of hydrogen-bond acceptors (Lipinski definition) is 4. The summed E-state index contributed by atoms with van der Waals surface area (Å²) in [5.74, 6) is -0.916. The van der Waals surface area contributed by atoms with Crippen molar-refractivity contribution in [3.05, 3.63) is 64.8 Å². The highest BCUT2D eigenvalue weighted by Crippen LogP contribution is 2.31. The summed E-state index contributed by atoms with van der Waals surface area (Å²) in [5, 5.41) is 6.06. The van der Waals surface area contributed by atoms with Gasteiger partial charge in [0.15, 0.2) is 0 Å². The second-order valence-corrected chi connectivity index (χ2v) is 6.17. The molecule has 0 saturated heterocycles. The van der Waals surface area contributed by atoms with Gasteiger partial charge in [-0.25, -0.2) is 4.39 Å². The Balaban J connectivity index is 1.62. The van der Waals surface area contributed by atoms with Gasteiger partial charge in [0, 0.05) is 24.1 Å². The SMILES string of the molecule is O=C(CCc1nc(-c2cccc(C(F)(F)F)c2)no1)Nc1ccc(F)c(Cl)c1. The average molecular weight is 414 g/mol. The van der Waals surface area contributed by atoms with E-state index in [4.69, 9.17) is 16.1 Å². The van der Waals surface area contributed by atoms with E-state index in [0.29, 0.717) is 5.69 Å². The third kappa shape index (κ3) is 4.86. The number of aryl methyl sites for hydroxylation is 1. The zero-order chi connectivity index (χ0) is 20.3. The van der Waals surface area contributed by atoms with Crippen LogP contribution in [0.2, 0.25) is 5.02 Å². The van der Waals surface area contributed by atoms with Crippen LogP contribution in [0.4, 0.5) is 23.2 Å². The molecule has 0 spiro atoms. The molecule has 1 amide bonds. The number of anilines is 1. The van der Waals surface area contributed by atoms with Gasteiger partial charge in [-0.15, -0.1) is 0 Å². The summed E-state index contributed by atoms with van der Waals surface area (Å²) in [5.41, 5.74) is -0.351. The van der Waals surface area contributed by atoms with Crippen LogP contribution >= 0.6 is 11.6 Å². The van der Waals surface area contributed by atoms with E-state index in [1.54, 1.807) is 0 Å². The van der Waals surface area contributed by atoms with E-state index in [0.717, 1.165) is 18.2 Å². The molecule has 0 aliphatic carbocycles. The summed E-state index contributed by atoms with van der Waals surface area (Å²) in [4.78, 5) is 16.0. The lowest BCUT2D eigenvalue weighted by Gasteiger charge is -2.06. The minimum atomic E-state index is -4.48. The van der Waals surface area contributed by atoms with Crippen molar-refractivity contribution in [3.63, 3.8) is 0 Å². The van der Waals surface area contributed by atoms with Crippen molar-refractivity contribution in [3.8, 4) is 11.4 Å². The Kier molecular flexibility index (Phi) is 5.64. The standard InChI is InChI=1S/C18H12ClF4N3O2/c19-13-9-12(4-5-14(13)20)24-15(27)6-7-16-25-17(26-28-16)10-2-1-3-11(8-10)18(21,22)23/h1-5,8-9H,6-7H2,(H,24,27). The lowest BCUT2D eigenvalue weighted by molar-refractivity contribution is -0.137. The number of nitrogens with one attached hydrogen (secondary N) is 1. The molecule has 5 nitrogen and oxygen atoms in total. The van der Waals surface area contributed by atoms with Gasteiger partial charge in [0.2, 0.25) is 17.6 Å². The van der Waals surface area contributed by atoms with Crippen molar-refractivity contribution in [2.75, 3.05) is 5.32 Å². The predicted molar refractivity (Wildman–Crippen MR) is 93.1 cm³/mol. The lowest BCUT2D eigenvalue weighted by Crippen LogP contribution is -2.12. The monoisotopic (exact) mass is 413 g/mol. The molecule has 0 atom stereocenters. The van der Waals surface area contributed by atoms with E-state index in [9.17, 15) is 22.4 Å². The first-order valence-corrected chi connectivity index (χ1v) is 8.35. The van der Waals surface area contributed by atoms with E-state index in [1.165, 1.54) is 24.3 Å². The third-order valence-electron chi connectivity index (χ3n) is 3.69. The van der Waals surface area contributed by atoms with Gasteiger partial charge >= 0.3 is 6.18 Å². The molecule has 0 aliphatic heterocycles. The number of nitrogens with zero attached hydrogens (tertiary/aromatic N) is 2. The van der Waals surface area contributed by atoms with Crippen molar-refractivity contribution in [2.45, 2.75) is 19.0 Å². The van der Waals surface area contributed by atoms with Crippen LogP contribution in [0, 0.1) is 5.82 Å². The van der Waals surface area contributed by atoms with Crippen LogP contribution in [0.3, 0.4) is 0 Å². The second kappa shape index (κ2) is 7.97. The Hall–Kier alpha value is -2.94. The molecule has 2 aromatic carbocycles. The summed E-state index contributed by atoms with van der Waals surface area (Å²) in [7, 11) is 0. The minimum absolute atomic E-state index is 0.00757. The molecule has 3 rings (SSSR count). The van der Waals surface area contributed by atoms with Crippen molar-refractivity contribution >= 4 is 23.2 Å². The van der Waals surface area contributed by atoms with Crippen LogP contribution in [-0.4, -0.2) is 16.0 Å². The molecule has 0 saturated carbocycles. The van der Waals surface area contributed by atoms with E-state index < -0.39 is 23.5 Å². The molecule has 0 unspecified atom stereocenters. The Bertz CT molecular complexity index is 1000. The summed E-state index contributed by atoms with van der Waals surface area (Å²) in [6, 6.07) is 8.28. The molecule has 10 heteroatoms. The van der Waals surface area contributed by atoms with Crippen LogP contribution in [0.15, 0.2) is 47.0 Å². The molecule has 0 bridgehead atoms. The fourth-order valence-corrected chi connectivity index (χ4v) is 2.51. The van der Waals surface area contributed by atoms with Gasteiger partial charge in [-0.3, -0.25) is 4.79 Å². The molecule has 0 aliphatic rings. The Morgan fingerprint density at radius 3 is 2.68 bits per heavy atom. The normalized spacial score (nSPS) is 11.5. The quantitative estimate of drug-likeness (QED) is 0.589. The molecule has 1 aromatic heterocycles. The largest absolute Gasteiger partial charge is 0.416 e. The maximum atomic E-state index is 13.1. The number of rotatable bonds is 5. The van der Waals surface area contributed by atoms with E-state index in [-0.39, 0.29) is 35.1 Å². The first kappa shape index (κ1) is 19.8. The minimum Gasteiger partial charge on any atom is -0.339 e. The average Bonchev–Trinajstić information content (AvgIpc) is 3.12. The fraction of sp³-hybridized carbons (Fsp3) is 0.167.